The number of nitrogens with zero attached hydrogens (tertiary/aromatic N) is 3. The highest BCUT2D eigenvalue weighted by Crippen LogP contribution is 2.25. The molecule has 0 aliphatic carbocycles. The lowest BCUT2D eigenvalue weighted by Crippen LogP contribution is -2.09. The van der Waals surface area contributed by atoms with E-state index in [-0.39, 0.29) is 5.56 Å². The maximum absolute atomic E-state index is 13.6. The third-order valence-corrected chi connectivity index (χ3v) is 3.54. The van der Waals surface area contributed by atoms with Crippen LogP contribution in [0, 0.1) is 11.6 Å². The van der Waals surface area contributed by atoms with Crippen LogP contribution in [0.3, 0.4) is 0 Å². The fraction of sp³-hybridized carbons (Fsp3) is 0.0556. The molecule has 0 spiro atoms. The molecular weight excluding hydrogens is 326 g/mol. The third kappa shape index (κ3) is 3.60. The summed E-state index contributed by atoms with van der Waals surface area (Å²) in [6.07, 6.45) is 3.73. The zero-order valence-electron chi connectivity index (χ0n) is 13.3. The molecule has 0 saturated carbocycles. The van der Waals surface area contributed by atoms with E-state index in [9.17, 15) is 13.6 Å². The SMILES string of the molecule is Cn1cnnc1-c1ccccc1NC(=O)C=Cc1c(F)cccc1F. The van der Waals surface area contributed by atoms with Crippen LogP contribution in [0.25, 0.3) is 17.5 Å². The molecule has 3 aromatic rings. The molecule has 2 aromatic carbocycles. The van der Waals surface area contributed by atoms with Gasteiger partial charge in [0.15, 0.2) is 5.82 Å². The smallest absolute Gasteiger partial charge is 0.248 e. The molecule has 0 fully saturated rings. The molecule has 0 saturated heterocycles. The van der Waals surface area contributed by atoms with Crippen LogP contribution >= 0.6 is 0 Å². The molecule has 1 aromatic heterocycles. The maximum atomic E-state index is 13.6. The molecule has 0 bridgehead atoms. The van der Waals surface area contributed by atoms with Crippen molar-refractivity contribution >= 4 is 17.7 Å². The largest absolute Gasteiger partial charge is 0.322 e. The number of rotatable bonds is 4. The number of nitrogens with one attached hydrogen (secondary N) is 1. The van der Waals surface area contributed by atoms with E-state index < -0.39 is 17.5 Å². The molecule has 1 amide bonds. The quantitative estimate of drug-likeness (QED) is 0.741. The number of benzene rings is 2. The van der Waals surface area contributed by atoms with Crippen LogP contribution < -0.4 is 5.32 Å². The summed E-state index contributed by atoms with van der Waals surface area (Å²) in [7, 11) is 1.79. The molecule has 5 nitrogen and oxygen atoms in total. The number of hydrogen-bond acceptors (Lipinski definition) is 3. The topological polar surface area (TPSA) is 59.8 Å². The first-order valence-corrected chi connectivity index (χ1v) is 7.42. The number of aromatic nitrogens is 3. The minimum Gasteiger partial charge on any atom is -0.322 e. The number of aryl methyl sites for hydroxylation is 1. The monoisotopic (exact) mass is 340 g/mol. The van der Waals surface area contributed by atoms with Gasteiger partial charge >= 0.3 is 0 Å². The number of para-hydroxylation sites is 1. The van der Waals surface area contributed by atoms with Crippen molar-refractivity contribution < 1.29 is 13.6 Å². The highest BCUT2D eigenvalue weighted by molar-refractivity contribution is 6.03. The molecular formula is C18H14F2N4O. The standard InChI is InChI=1S/C18H14F2N4O/c1-24-11-21-23-18(24)13-5-2-3-8-16(13)22-17(25)10-9-12-14(19)6-4-7-15(12)20/h2-11H,1H3,(H,22,25). The Morgan fingerprint density at radius 2 is 1.84 bits per heavy atom. The van der Waals surface area contributed by atoms with Gasteiger partial charge in [-0.05, 0) is 30.3 Å². The van der Waals surface area contributed by atoms with E-state index in [4.69, 9.17) is 0 Å². The van der Waals surface area contributed by atoms with Gasteiger partial charge in [-0.1, -0.05) is 18.2 Å². The van der Waals surface area contributed by atoms with E-state index in [0.29, 0.717) is 17.1 Å². The second kappa shape index (κ2) is 7.04. The Balaban J connectivity index is 1.83. The van der Waals surface area contributed by atoms with Crippen molar-refractivity contribution in [3.8, 4) is 11.4 Å². The highest BCUT2D eigenvalue weighted by Gasteiger charge is 2.11. The summed E-state index contributed by atoms with van der Waals surface area (Å²) in [5.41, 5.74) is 0.933. The molecule has 0 unspecified atom stereocenters. The number of hydrogen-bond donors (Lipinski definition) is 1. The van der Waals surface area contributed by atoms with E-state index in [1.54, 1.807) is 36.1 Å². The fourth-order valence-electron chi connectivity index (χ4n) is 2.32. The van der Waals surface area contributed by atoms with Gasteiger partial charge in [0.25, 0.3) is 0 Å². The molecule has 25 heavy (non-hydrogen) atoms. The minimum absolute atomic E-state index is 0.265. The summed E-state index contributed by atoms with van der Waals surface area (Å²) < 4.78 is 28.9. The molecule has 1 N–H and O–H groups in total. The number of carbonyl (C=O) groups is 1. The van der Waals surface area contributed by atoms with Crippen molar-refractivity contribution in [3.05, 3.63) is 72.1 Å². The lowest BCUT2D eigenvalue weighted by molar-refractivity contribution is -0.111. The highest BCUT2D eigenvalue weighted by atomic mass is 19.1. The Labute approximate surface area is 142 Å². The average molecular weight is 340 g/mol. The van der Waals surface area contributed by atoms with Gasteiger partial charge in [0, 0.05) is 24.3 Å². The van der Waals surface area contributed by atoms with Crippen LogP contribution in [-0.2, 0) is 11.8 Å². The zero-order valence-corrected chi connectivity index (χ0v) is 13.3. The van der Waals surface area contributed by atoms with Crippen molar-refractivity contribution in [1.82, 2.24) is 14.8 Å². The average Bonchev–Trinajstić information content (AvgIpc) is 3.01. The van der Waals surface area contributed by atoms with Crippen LogP contribution in [0.4, 0.5) is 14.5 Å². The summed E-state index contributed by atoms with van der Waals surface area (Å²) in [5.74, 6) is -1.40. The Hall–Kier alpha value is -3.35. The summed E-state index contributed by atoms with van der Waals surface area (Å²) >= 11 is 0. The van der Waals surface area contributed by atoms with E-state index in [1.165, 1.54) is 6.07 Å². The lowest BCUT2D eigenvalue weighted by atomic mass is 10.1. The molecule has 126 valence electrons. The Kier molecular flexibility index (Phi) is 4.65. The molecule has 7 heteroatoms. The van der Waals surface area contributed by atoms with Crippen molar-refractivity contribution in [2.75, 3.05) is 5.32 Å². The zero-order chi connectivity index (χ0) is 17.8. The van der Waals surface area contributed by atoms with Gasteiger partial charge in [-0.3, -0.25) is 4.79 Å². The number of carbonyl (C=O) groups excluding carboxylic acids is 1. The molecule has 0 aliphatic rings. The number of anilines is 1. The van der Waals surface area contributed by atoms with Crippen LogP contribution in [0.1, 0.15) is 5.56 Å². The van der Waals surface area contributed by atoms with Crippen molar-refractivity contribution in [3.63, 3.8) is 0 Å². The first-order chi connectivity index (χ1) is 12.1. The molecule has 3 rings (SSSR count). The molecule has 1 heterocycles. The Bertz CT molecular complexity index is 930. The Morgan fingerprint density at radius 3 is 2.52 bits per heavy atom. The van der Waals surface area contributed by atoms with Gasteiger partial charge in [-0.2, -0.15) is 0 Å². The fourth-order valence-corrected chi connectivity index (χ4v) is 2.32. The molecule has 0 aliphatic heterocycles. The summed E-state index contributed by atoms with van der Waals surface area (Å²) in [4.78, 5) is 12.1. The summed E-state index contributed by atoms with van der Waals surface area (Å²) in [5, 5.41) is 10.5. The first kappa shape index (κ1) is 16.5. The van der Waals surface area contributed by atoms with Crippen molar-refractivity contribution in [2.45, 2.75) is 0 Å². The second-order valence-electron chi connectivity index (χ2n) is 5.27. The van der Waals surface area contributed by atoms with Gasteiger partial charge in [0.2, 0.25) is 5.91 Å². The lowest BCUT2D eigenvalue weighted by Gasteiger charge is -2.09. The van der Waals surface area contributed by atoms with Crippen LogP contribution in [0.2, 0.25) is 0 Å². The normalized spacial score (nSPS) is 11.0. The van der Waals surface area contributed by atoms with Gasteiger partial charge in [0.1, 0.15) is 18.0 Å². The molecule has 0 radical (unpaired) electrons. The van der Waals surface area contributed by atoms with Crippen molar-refractivity contribution in [1.29, 1.82) is 0 Å². The summed E-state index contributed by atoms with van der Waals surface area (Å²) in [6.45, 7) is 0. The van der Waals surface area contributed by atoms with E-state index >= 15 is 0 Å². The minimum atomic E-state index is -0.733. The van der Waals surface area contributed by atoms with E-state index in [0.717, 1.165) is 24.3 Å². The second-order valence-corrected chi connectivity index (χ2v) is 5.27. The Morgan fingerprint density at radius 1 is 1.12 bits per heavy atom. The predicted octanol–water partition coefficient (Wildman–Crippen LogP) is 3.41. The summed E-state index contributed by atoms with van der Waals surface area (Å²) in [6, 6.07) is 10.6. The predicted molar refractivity (Wildman–Crippen MR) is 90.5 cm³/mol. The number of halogens is 2. The first-order valence-electron chi connectivity index (χ1n) is 7.42. The number of amides is 1. The van der Waals surface area contributed by atoms with Crippen LogP contribution in [0.5, 0.6) is 0 Å². The van der Waals surface area contributed by atoms with E-state index in [2.05, 4.69) is 15.5 Å². The van der Waals surface area contributed by atoms with Crippen molar-refractivity contribution in [2.24, 2.45) is 7.05 Å². The van der Waals surface area contributed by atoms with Gasteiger partial charge in [0.05, 0.1) is 5.69 Å². The van der Waals surface area contributed by atoms with Crippen LogP contribution in [0.15, 0.2) is 54.9 Å². The third-order valence-electron chi connectivity index (χ3n) is 3.54. The maximum Gasteiger partial charge on any atom is 0.248 e. The van der Waals surface area contributed by atoms with Crippen LogP contribution in [-0.4, -0.2) is 20.7 Å². The van der Waals surface area contributed by atoms with Gasteiger partial charge < -0.3 is 9.88 Å². The molecule has 0 atom stereocenters. The van der Waals surface area contributed by atoms with Gasteiger partial charge in [-0.25, -0.2) is 8.78 Å². The van der Waals surface area contributed by atoms with E-state index in [1.807, 2.05) is 6.07 Å². The van der Waals surface area contributed by atoms with Gasteiger partial charge in [-0.15, -0.1) is 10.2 Å².